The molecule has 164 valence electrons. The molecule has 0 fully saturated rings. The highest BCUT2D eigenvalue weighted by molar-refractivity contribution is 7.86. The van der Waals surface area contributed by atoms with Gasteiger partial charge in [-0.05, 0) is 24.3 Å². The molecule has 0 aliphatic carbocycles. The fourth-order valence-electron chi connectivity index (χ4n) is 1.97. The Labute approximate surface area is 184 Å². The van der Waals surface area contributed by atoms with Crippen LogP contribution in [0.15, 0.2) is 49.4 Å². The first kappa shape index (κ1) is 24.3. The van der Waals surface area contributed by atoms with Gasteiger partial charge in [0.2, 0.25) is 0 Å². The fourth-order valence-corrected chi connectivity index (χ4v) is 3.79. The topological polar surface area (TPSA) is 222 Å². The van der Waals surface area contributed by atoms with Crippen molar-refractivity contribution >= 4 is 60.6 Å². The Morgan fingerprint density at radius 2 is 1.45 bits per heavy atom. The minimum Gasteiger partial charge on any atom is -0.504 e. The lowest BCUT2D eigenvalue weighted by Crippen LogP contribution is -2.02. The summed E-state index contributed by atoms with van der Waals surface area (Å²) < 4.78 is 63.2. The van der Waals surface area contributed by atoms with Crippen molar-refractivity contribution in [2.24, 2.45) is 15.3 Å². The molecular formula is C14H9Cl2N5O8S2. The number of hydrogen-bond acceptors (Lipinski definition) is 10. The van der Waals surface area contributed by atoms with Crippen molar-refractivity contribution in [3.8, 4) is 17.6 Å². The Bertz CT molecular complexity index is 1370. The summed E-state index contributed by atoms with van der Waals surface area (Å²) in [4.78, 5) is -1.89. The number of amidine groups is 1. The molecule has 0 spiro atoms. The highest BCUT2D eigenvalue weighted by Gasteiger charge is 2.21. The zero-order chi connectivity index (χ0) is 23.6. The van der Waals surface area contributed by atoms with Crippen LogP contribution in [0.3, 0.4) is 0 Å². The molecule has 0 saturated heterocycles. The largest absolute Gasteiger partial charge is 0.504 e. The second kappa shape index (κ2) is 9.01. The molecule has 0 saturated carbocycles. The van der Waals surface area contributed by atoms with Gasteiger partial charge in [-0.3, -0.25) is 14.5 Å². The third kappa shape index (κ3) is 6.01. The molecule has 5 N–H and O–H groups in total. The molecule has 31 heavy (non-hydrogen) atoms. The van der Waals surface area contributed by atoms with Crippen molar-refractivity contribution in [1.29, 1.82) is 5.26 Å². The highest BCUT2D eigenvalue weighted by Crippen LogP contribution is 2.37. The van der Waals surface area contributed by atoms with E-state index in [-0.39, 0.29) is 10.0 Å². The number of azo groups is 1. The van der Waals surface area contributed by atoms with Crippen molar-refractivity contribution in [2.45, 2.75) is 9.79 Å². The van der Waals surface area contributed by atoms with E-state index in [2.05, 4.69) is 20.8 Å². The average molecular weight is 510 g/mol. The van der Waals surface area contributed by atoms with Gasteiger partial charge in [-0.1, -0.05) is 23.2 Å². The summed E-state index contributed by atoms with van der Waals surface area (Å²) in [6.07, 6.45) is 0. The Balaban J connectivity index is 2.42. The van der Waals surface area contributed by atoms with E-state index in [1.807, 2.05) is 0 Å². The minimum absolute atomic E-state index is 0.218. The molecule has 0 amide bonds. The van der Waals surface area contributed by atoms with Crippen LogP contribution in [0.25, 0.3) is 0 Å². The van der Waals surface area contributed by atoms with Crippen molar-refractivity contribution in [2.75, 3.05) is 5.43 Å². The zero-order valence-corrected chi connectivity index (χ0v) is 17.7. The predicted octanol–water partition coefficient (Wildman–Crippen LogP) is 2.93. The molecule has 2 aromatic rings. The van der Waals surface area contributed by atoms with Gasteiger partial charge >= 0.3 is 0 Å². The number of phenols is 2. The monoisotopic (exact) mass is 509 g/mol. The van der Waals surface area contributed by atoms with Crippen LogP contribution >= 0.6 is 23.2 Å². The lowest BCUT2D eigenvalue weighted by atomic mass is 10.3. The summed E-state index contributed by atoms with van der Waals surface area (Å²) in [5.41, 5.74) is 1.12. The van der Waals surface area contributed by atoms with Crippen molar-refractivity contribution in [3.05, 3.63) is 34.3 Å². The van der Waals surface area contributed by atoms with Crippen LogP contribution in [0.5, 0.6) is 11.5 Å². The van der Waals surface area contributed by atoms with Gasteiger partial charge in [0, 0.05) is 10.0 Å². The number of anilines is 1. The number of aromatic hydroxyl groups is 2. The molecule has 0 atom stereocenters. The maximum absolute atomic E-state index is 11.3. The Hall–Kier alpha value is -3.00. The van der Waals surface area contributed by atoms with Crippen LogP contribution in [0.2, 0.25) is 10.0 Å². The lowest BCUT2D eigenvalue weighted by Gasteiger charge is -2.08. The van der Waals surface area contributed by atoms with Gasteiger partial charge in [0.15, 0.2) is 11.5 Å². The number of phenolic OH excluding ortho intramolecular Hbond substituents is 2. The smallest absolute Gasteiger partial charge is 0.298 e. The van der Waals surface area contributed by atoms with E-state index < -0.39 is 58.7 Å². The second-order valence-electron chi connectivity index (χ2n) is 5.38. The summed E-state index contributed by atoms with van der Waals surface area (Å²) in [7, 11) is -9.68. The predicted molar refractivity (Wildman–Crippen MR) is 107 cm³/mol. The van der Waals surface area contributed by atoms with Crippen molar-refractivity contribution in [1.82, 2.24) is 0 Å². The third-order valence-electron chi connectivity index (χ3n) is 3.25. The number of halogens is 2. The molecule has 2 aromatic carbocycles. The van der Waals surface area contributed by atoms with E-state index in [9.17, 15) is 27.0 Å². The first-order valence-corrected chi connectivity index (χ1v) is 11.0. The van der Waals surface area contributed by atoms with Gasteiger partial charge in [-0.2, -0.15) is 22.1 Å². The summed E-state index contributed by atoms with van der Waals surface area (Å²) in [5, 5.41) is 38.6. The van der Waals surface area contributed by atoms with Crippen molar-refractivity contribution in [3.63, 3.8) is 0 Å². The highest BCUT2D eigenvalue weighted by atomic mass is 35.5. The fraction of sp³-hybridized carbons (Fsp3) is 0. The lowest BCUT2D eigenvalue weighted by molar-refractivity contribution is 0.442. The first-order chi connectivity index (χ1) is 14.2. The first-order valence-electron chi connectivity index (χ1n) is 7.39. The third-order valence-corrected chi connectivity index (χ3v) is 5.42. The summed E-state index contributed by atoms with van der Waals surface area (Å²) in [6, 6.07) is 4.97. The SMILES string of the molecule is N#CC(/N=N/c1cc(Cl)cc(S(=O)(=O)O)c1O)=N\Nc1cc(Cl)cc(S(=O)(=O)O)c1O. The van der Waals surface area contributed by atoms with Crippen LogP contribution in [-0.4, -0.2) is 42.0 Å². The molecule has 13 nitrogen and oxygen atoms in total. The van der Waals surface area contributed by atoms with Gasteiger partial charge in [-0.25, -0.2) is 0 Å². The van der Waals surface area contributed by atoms with Crippen LogP contribution in [0, 0.1) is 11.3 Å². The summed E-state index contributed by atoms with van der Waals surface area (Å²) in [5.74, 6) is -2.72. The Morgan fingerprint density at radius 1 is 0.935 bits per heavy atom. The van der Waals surface area contributed by atoms with Crippen LogP contribution in [0.4, 0.5) is 11.4 Å². The molecular weight excluding hydrogens is 501 g/mol. The minimum atomic E-state index is -4.85. The van der Waals surface area contributed by atoms with Gasteiger partial charge in [0.25, 0.3) is 26.1 Å². The van der Waals surface area contributed by atoms with Gasteiger partial charge < -0.3 is 10.2 Å². The molecule has 0 radical (unpaired) electrons. The van der Waals surface area contributed by atoms with E-state index in [1.54, 1.807) is 0 Å². The molecule has 0 heterocycles. The van der Waals surface area contributed by atoms with E-state index in [0.29, 0.717) is 0 Å². The average Bonchev–Trinajstić information content (AvgIpc) is 2.64. The van der Waals surface area contributed by atoms with Crippen molar-refractivity contribution < 1.29 is 36.2 Å². The summed E-state index contributed by atoms with van der Waals surface area (Å²) >= 11 is 11.4. The van der Waals surface area contributed by atoms with Gasteiger partial charge in [-0.15, -0.1) is 15.3 Å². The van der Waals surface area contributed by atoms with Crippen LogP contribution < -0.4 is 5.43 Å². The zero-order valence-electron chi connectivity index (χ0n) is 14.6. The number of nitrogens with zero attached hydrogens (tertiary/aromatic N) is 4. The summed E-state index contributed by atoms with van der Waals surface area (Å²) in [6.45, 7) is 0. The Kier molecular flexibility index (Phi) is 7.06. The molecule has 0 bridgehead atoms. The van der Waals surface area contributed by atoms with Crippen LogP contribution in [0.1, 0.15) is 0 Å². The molecule has 0 aliphatic rings. The number of hydrazone groups is 1. The van der Waals surface area contributed by atoms with Crippen LogP contribution in [-0.2, 0) is 20.2 Å². The van der Waals surface area contributed by atoms with E-state index in [0.717, 1.165) is 24.3 Å². The normalized spacial score (nSPS) is 12.7. The number of benzene rings is 2. The molecule has 17 heteroatoms. The van der Waals surface area contributed by atoms with E-state index in [1.165, 1.54) is 6.07 Å². The van der Waals surface area contributed by atoms with E-state index >= 15 is 0 Å². The molecule has 2 rings (SSSR count). The number of hydrogen-bond donors (Lipinski definition) is 5. The Morgan fingerprint density at radius 3 is 1.97 bits per heavy atom. The maximum Gasteiger partial charge on any atom is 0.298 e. The number of nitriles is 1. The molecule has 0 aliphatic heterocycles. The molecule has 0 aromatic heterocycles. The number of nitrogens with one attached hydrogen (secondary N) is 1. The van der Waals surface area contributed by atoms with Gasteiger partial charge in [0.1, 0.15) is 27.2 Å². The quantitative estimate of drug-likeness (QED) is 0.0987. The van der Waals surface area contributed by atoms with Gasteiger partial charge in [0.05, 0.1) is 0 Å². The maximum atomic E-state index is 11.3. The number of rotatable bonds is 5. The van der Waals surface area contributed by atoms with E-state index in [4.69, 9.17) is 37.6 Å². The second-order valence-corrected chi connectivity index (χ2v) is 9.03. The molecule has 0 unspecified atom stereocenters. The standard InChI is InChI=1S/C14H9Cl2N5O8S2/c15-6-1-8(13(22)10(3-6)30(24,25)26)18-20-12(5-17)21-19-9-2-7(16)4-11(14(9)23)31(27,28)29/h1-4,18,22-23H,(H,24,25,26)(H,27,28,29)/b20-12+,21-19+.